The van der Waals surface area contributed by atoms with Crippen molar-refractivity contribution in [2.24, 2.45) is 0 Å². The molecule has 2 aliphatic heterocycles. The van der Waals surface area contributed by atoms with E-state index in [4.69, 9.17) is 4.42 Å². The van der Waals surface area contributed by atoms with Gasteiger partial charge in [-0.25, -0.2) is 0 Å². The van der Waals surface area contributed by atoms with Gasteiger partial charge in [-0.3, -0.25) is 9.59 Å². The summed E-state index contributed by atoms with van der Waals surface area (Å²) in [6, 6.07) is 1.48. The van der Waals surface area contributed by atoms with Crippen LogP contribution in [0.25, 0.3) is 0 Å². The first-order valence-electron chi connectivity index (χ1n) is 8.74. The van der Waals surface area contributed by atoms with Crippen LogP contribution in [0.2, 0.25) is 0 Å². The largest absolute Gasteiger partial charge is 0.466 e. The molecule has 5 nitrogen and oxygen atoms in total. The Labute approximate surface area is 137 Å². The van der Waals surface area contributed by atoms with Gasteiger partial charge in [0.25, 0.3) is 5.91 Å². The average molecular weight is 318 g/mol. The van der Waals surface area contributed by atoms with E-state index in [0.717, 1.165) is 51.0 Å². The minimum Gasteiger partial charge on any atom is -0.466 e. The maximum atomic E-state index is 12.9. The highest BCUT2D eigenvalue weighted by molar-refractivity contribution is 5.98. The van der Waals surface area contributed by atoms with Gasteiger partial charge in [0.15, 0.2) is 0 Å². The van der Waals surface area contributed by atoms with Gasteiger partial charge in [-0.05, 0) is 58.4 Å². The van der Waals surface area contributed by atoms with Gasteiger partial charge in [-0.2, -0.15) is 0 Å². The van der Waals surface area contributed by atoms with Crippen LogP contribution >= 0.6 is 0 Å². The third-order valence-electron chi connectivity index (χ3n) is 4.99. The zero-order valence-electron chi connectivity index (χ0n) is 14.1. The highest BCUT2D eigenvalue weighted by atomic mass is 16.3. The molecule has 0 N–H and O–H groups in total. The van der Waals surface area contributed by atoms with E-state index in [9.17, 15) is 9.59 Å². The third-order valence-corrected chi connectivity index (χ3v) is 4.99. The van der Waals surface area contributed by atoms with Crippen LogP contribution in [0.15, 0.2) is 10.5 Å². The van der Waals surface area contributed by atoms with E-state index in [-0.39, 0.29) is 17.9 Å². The Hall–Kier alpha value is -1.78. The molecule has 3 heterocycles. The first-order chi connectivity index (χ1) is 11.1. The van der Waals surface area contributed by atoms with Crippen molar-refractivity contribution in [2.45, 2.75) is 58.4 Å². The summed E-state index contributed by atoms with van der Waals surface area (Å²) in [4.78, 5) is 29.6. The van der Waals surface area contributed by atoms with Crippen molar-refractivity contribution in [3.63, 3.8) is 0 Å². The molecule has 1 aromatic rings. The van der Waals surface area contributed by atoms with Crippen molar-refractivity contribution >= 4 is 11.8 Å². The molecule has 2 saturated heterocycles. The highest BCUT2D eigenvalue weighted by Crippen LogP contribution is 2.25. The van der Waals surface area contributed by atoms with Crippen LogP contribution in [0, 0.1) is 13.8 Å². The highest BCUT2D eigenvalue weighted by Gasteiger charge is 2.36. The van der Waals surface area contributed by atoms with Crippen molar-refractivity contribution in [3.05, 3.63) is 23.2 Å². The summed E-state index contributed by atoms with van der Waals surface area (Å²) in [6.45, 7) is 5.98. The van der Waals surface area contributed by atoms with E-state index in [2.05, 4.69) is 0 Å². The molecule has 0 aromatic carbocycles. The van der Waals surface area contributed by atoms with Gasteiger partial charge in [-0.15, -0.1) is 0 Å². The number of piperidine rings is 2. The number of carbonyl (C=O) groups is 2. The van der Waals surface area contributed by atoms with E-state index >= 15 is 0 Å². The second-order valence-corrected chi connectivity index (χ2v) is 6.72. The van der Waals surface area contributed by atoms with Crippen molar-refractivity contribution in [3.8, 4) is 0 Å². The fourth-order valence-corrected chi connectivity index (χ4v) is 3.75. The molecule has 0 spiro atoms. The number of rotatable bonds is 2. The zero-order chi connectivity index (χ0) is 16.4. The summed E-state index contributed by atoms with van der Waals surface area (Å²) >= 11 is 0. The zero-order valence-corrected chi connectivity index (χ0v) is 14.1. The van der Waals surface area contributed by atoms with Crippen LogP contribution in [-0.2, 0) is 4.79 Å². The number of aryl methyl sites for hydroxylation is 2. The van der Waals surface area contributed by atoms with Crippen LogP contribution in [0.5, 0.6) is 0 Å². The number of amides is 2. The predicted molar refractivity (Wildman–Crippen MR) is 87.3 cm³/mol. The minimum atomic E-state index is -0.302. The van der Waals surface area contributed by atoms with Crippen LogP contribution in [0.4, 0.5) is 0 Å². The Morgan fingerprint density at radius 3 is 2.39 bits per heavy atom. The van der Waals surface area contributed by atoms with Gasteiger partial charge in [0.05, 0.1) is 5.56 Å². The summed E-state index contributed by atoms with van der Waals surface area (Å²) in [6.07, 6.45) is 6.10. The summed E-state index contributed by atoms with van der Waals surface area (Å²) in [5, 5.41) is 0. The molecule has 2 amide bonds. The van der Waals surface area contributed by atoms with E-state index in [0.29, 0.717) is 17.9 Å². The molecule has 0 aliphatic carbocycles. The first-order valence-corrected chi connectivity index (χ1v) is 8.74. The normalized spacial score (nSPS) is 22.3. The Morgan fingerprint density at radius 2 is 1.74 bits per heavy atom. The average Bonchev–Trinajstić information content (AvgIpc) is 2.92. The number of hydrogen-bond donors (Lipinski definition) is 0. The maximum Gasteiger partial charge on any atom is 0.258 e. The van der Waals surface area contributed by atoms with Crippen molar-refractivity contribution in [2.75, 3.05) is 19.6 Å². The van der Waals surface area contributed by atoms with Crippen molar-refractivity contribution in [1.29, 1.82) is 0 Å². The molecule has 0 bridgehead atoms. The van der Waals surface area contributed by atoms with Gasteiger partial charge in [0.1, 0.15) is 17.6 Å². The summed E-state index contributed by atoms with van der Waals surface area (Å²) in [5.41, 5.74) is 0.598. The number of nitrogens with zero attached hydrogens (tertiary/aromatic N) is 2. The quantitative estimate of drug-likeness (QED) is 0.842. The predicted octanol–water partition coefficient (Wildman–Crippen LogP) is 2.90. The minimum absolute atomic E-state index is 0.0607. The molecular weight excluding hydrogens is 292 g/mol. The Kier molecular flexibility index (Phi) is 4.74. The standard InChI is InChI=1S/C18H26N2O3/c1-13-12-15(14(2)23-13)17(21)20-11-7-4-8-16(20)18(22)19-9-5-3-6-10-19/h12,16H,3-11H2,1-2H3. The summed E-state index contributed by atoms with van der Waals surface area (Å²) in [5.74, 6) is 1.45. The molecule has 1 unspecified atom stereocenters. The molecule has 3 rings (SSSR count). The number of carbonyl (C=O) groups excluding carboxylic acids is 2. The molecular formula is C18H26N2O3. The lowest BCUT2D eigenvalue weighted by Crippen LogP contribution is -2.54. The Balaban J connectivity index is 1.79. The fraction of sp³-hybridized carbons (Fsp3) is 0.667. The lowest BCUT2D eigenvalue weighted by Gasteiger charge is -2.38. The van der Waals surface area contributed by atoms with E-state index in [1.165, 1.54) is 6.42 Å². The SMILES string of the molecule is Cc1cc(C(=O)N2CCCCC2C(=O)N2CCCCC2)c(C)o1. The van der Waals surface area contributed by atoms with Gasteiger partial charge in [-0.1, -0.05) is 0 Å². The van der Waals surface area contributed by atoms with Crippen molar-refractivity contribution < 1.29 is 14.0 Å². The number of likely N-dealkylation sites (tertiary alicyclic amines) is 2. The van der Waals surface area contributed by atoms with E-state index in [1.807, 2.05) is 18.7 Å². The molecule has 1 atom stereocenters. The molecule has 5 heteroatoms. The monoisotopic (exact) mass is 318 g/mol. The first kappa shape index (κ1) is 16.1. The molecule has 126 valence electrons. The van der Waals surface area contributed by atoms with E-state index < -0.39 is 0 Å². The van der Waals surface area contributed by atoms with Crippen LogP contribution in [0.3, 0.4) is 0 Å². The van der Waals surface area contributed by atoms with Crippen molar-refractivity contribution in [1.82, 2.24) is 9.80 Å². The molecule has 0 saturated carbocycles. The van der Waals surface area contributed by atoms with Crippen LogP contribution in [0.1, 0.15) is 60.4 Å². The van der Waals surface area contributed by atoms with Crippen LogP contribution < -0.4 is 0 Å². The molecule has 2 aliphatic rings. The fourth-order valence-electron chi connectivity index (χ4n) is 3.75. The van der Waals surface area contributed by atoms with E-state index in [1.54, 1.807) is 11.0 Å². The van der Waals surface area contributed by atoms with Crippen LogP contribution in [-0.4, -0.2) is 47.3 Å². The van der Waals surface area contributed by atoms with Gasteiger partial charge in [0, 0.05) is 19.6 Å². The van der Waals surface area contributed by atoms with Gasteiger partial charge in [0.2, 0.25) is 5.91 Å². The molecule has 2 fully saturated rings. The Bertz CT molecular complexity index is 587. The summed E-state index contributed by atoms with van der Waals surface area (Å²) < 4.78 is 5.50. The molecule has 0 radical (unpaired) electrons. The lowest BCUT2D eigenvalue weighted by molar-refractivity contribution is -0.138. The smallest absolute Gasteiger partial charge is 0.258 e. The third kappa shape index (κ3) is 3.28. The maximum absolute atomic E-state index is 12.9. The molecule has 1 aromatic heterocycles. The topological polar surface area (TPSA) is 53.8 Å². The lowest BCUT2D eigenvalue weighted by atomic mass is 9.98. The second-order valence-electron chi connectivity index (χ2n) is 6.72. The molecule has 23 heavy (non-hydrogen) atoms. The number of furan rings is 1. The Morgan fingerprint density at radius 1 is 1.04 bits per heavy atom. The van der Waals surface area contributed by atoms with Gasteiger partial charge >= 0.3 is 0 Å². The summed E-state index contributed by atoms with van der Waals surface area (Å²) in [7, 11) is 0. The van der Waals surface area contributed by atoms with Gasteiger partial charge < -0.3 is 14.2 Å². The number of hydrogen-bond acceptors (Lipinski definition) is 3. The second kappa shape index (κ2) is 6.77.